The first kappa shape index (κ1) is 11.0. The summed E-state index contributed by atoms with van der Waals surface area (Å²) in [5.41, 5.74) is 2.52. The monoisotopic (exact) mass is 249 g/mol. The average Bonchev–Trinajstić information content (AvgIpc) is 3.01. The summed E-state index contributed by atoms with van der Waals surface area (Å²) in [5, 5.41) is 11.4. The fraction of sp³-hybridized carbons (Fsp3) is 0.417. The molecule has 1 aliphatic heterocycles. The molecule has 2 aromatic rings. The molecular formula is C12H15N3OS. The van der Waals surface area contributed by atoms with Crippen molar-refractivity contribution in [2.75, 3.05) is 19.8 Å². The van der Waals surface area contributed by atoms with Gasteiger partial charge >= 0.3 is 0 Å². The summed E-state index contributed by atoms with van der Waals surface area (Å²) in [6, 6.07) is 4.51. The summed E-state index contributed by atoms with van der Waals surface area (Å²) in [5.74, 6) is 0. The molecule has 3 heterocycles. The molecule has 17 heavy (non-hydrogen) atoms. The van der Waals surface area contributed by atoms with E-state index in [1.165, 1.54) is 5.56 Å². The van der Waals surface area contributed by atoms with Gasteiger partial charge in [0.1, 0.15) is 0 Å². The first-order valence-corrected chi connectivity index (χ1v) is 6.70. The van der Waals surface area contributed by atoms with Crippen molar-refractivity contribution in [3.05, 3.63) is 40.3 Å². The van der Waals surface area contributed by atoms with Gasteiger partial charge in [0, 0.05) is 19.3 Å². The number of aromatic amines is 1. The van der Waals surface area contributed by atoms with Crippen molar-refractivity contribution in [1.82, 2.24) is 15.1 Å². The molecule has 1 atom stereocenters. The van der Waals surface area contributed by atoms with Gasteiger partial charge < -0.3 is 4.74 Å². The third kappa shape index (κ3) is 2.41. The summed E-state index contributed by atoms with van der Waals surface area (Å²) in [4.78, 5) is 2.44. The van der Waals surface area contributed by atoms with Gasteiger partial charge in [0.25, 0.3) is 0 Å². The lowest BCUT2D eigenvalue weighted by Gasteiger charge is -2.34. The summed E-state index contributed by atoms with van der Waals surface area (Å²) < 4.78 is 5.57. The van der Waals surface area contributed by atoms with Crippen LogP contribution in [-0.4, -0.2) is 34.9 Å². The molecule has 0 bridgehead atoms. The van der Waals surface area contributed by atoms with Crippen molar-refractivity contribution in [2.24, 2.45) is 0 Å². The van der Waals surface area contributed by atoms with Crippen LogP contribution in [0.2, 0.25) is 0 Å². The number of aromatic nitrogens is 2. The van der Waals surface area contributed by atoms with E-state index in [4.69, 9.17) is 4.74 Å². The van der Waals surface area contributed by atoms with Crippen LogP contribution < -0.4 is 0 Å². The Hall–Kier alpha value is -1.17. The van der Waals surface area contributed by atoms with E-state index in [0.29, 0.717) is 6.04 Å². The number of hydrogen-bond acceptors (Lipinski definition) is 4. The fourth-order valence-electron chi connectivity index (χ4n) is 2.18. The molecule has 90 valence electrons. The molecular weight excluding hydrogens is 234 g/mol. The van der Waals surface area contributed by atoms with Crippen molar-refractivity contribution in [2.45, 2.75) is 12.6 Å². The second-order valence-electron chi connectivity index (χ2n) is 4.20. The number of ether oxygens (including phenoxy) is 1. The number of nitrogens with zero attached hydrogens (tertiary/aromatic N) is 2. The Morgan fingerprint density at radius 2 is 2.53 bits per heavy atom. The van der Waals surface area contributed by atoms with Crippen LogP contribution in [-0.2, 0) is 11.3 Å². The van der Waals surface area contributed by atoms with Crippen LogP contribution in [0.25, 0.3) is 0 Å². The van der Waals surface area contributed by atoms with Crippen LogP contribution >= 0.6 is 11.3 Å². The normalized spacial score (nSPS) is 21.8. The Kier molecular flexibility index (Phi) is 3.22. The van der Waals surface area contributed by atoms with Gasteiger partial charge in [-0.15, -0.1) is 0 Å². The topological polar surface area (TPSA) is 41.1 Å². The quantitative estimate of drug-likeness (QED) is 0.905. The van der Waals surface area contributed by atoms with Gasteiger partial charge in [-0.25, -0.2) is 0 Å². The molecule has 0 spiro atoms. The minimum Gasteiger partial charge on any atom is -0.378 e. The molecule has 1 aliphatic rings. The van der Waals surface area contributed by atoms with Gasteiger partial charge in [0.2, 0.25) is 0 Å². The van der Waals surface area contributed by atoms with Crippen LogP contribution in [0.3, 0.4) is 0 Å². The van der Waals surface area contributed by atoms with Crippen molar-refractivity contribution in [1.29, 1.82) is 0 Å². The predicted molar refractivity (Wildman–Crippen MR) is 66.9 cm³/mol. The Labute approximate surface area is 104 Å². The molecule has 1 fully saturated rings. The minimum absolute atomic E-state index is 0.297. The van der Waals surface area contributed by atoms with Crippen LogP contribution in [0.5, 0.6) is 0 Å². The van der Waals surface area contributed by atoms with Gasteiger partial charge in [0.05, 0.1) is 24.9 Å². The summed E-state index contributed by atoms with van der Waals surface area (Å²) >= 11 is 1.75. The van der Waals surface area contributed by atoms with E-state index in [0.717, 1.165) is 32.0 Å². The zero-order valence-electron chi connectivity index (χ0n) is 9.50. The highest BCUT2D eigenvalue weighted by atomic mass is 32.1. The lowest BCUT2D eigenvalue weighted by molar-refractivity contribution is -0.0142. The molecule has 0 radical (unpaired) electrons. The van der Waals surface area contributed by atoms with E-state index in [2.05, 4.69) is 31.9 Å². The highest BCUT2D eigenvalue weighted by Gasteiger charge is 2.25. The van der Waals surface area contributed by atoms with Crippen LogP contribution in [0.15, 0.2) is 29.1 Å². The van der Waals surface area contributed by atoms with Crippen LogP contribution in [0.4, 0.5) is 0 Å². The van der Waals surface area contributed by atoms with Crippen molar-refractivity contribution >= 4 is 11.3 Å². The van der Waals surface area contributed by atoms with Crippen LogP contribution in [0.1, 0.15) is 17.3 Å². The van der Waals surface area contributed by atoms with E-state index < -0.39 is 0 Å². The molecule has 1 saturated heterocycles. The molecule has 2 aromatic heterocycles. The van der Waals surface area contributed by atoms with Crippen molar-refractivity contribution < 1.29 is 4.74 Å². The fourth-order valence-corrected chi connectivity index (χ4v) is 2.84. The van der Waals surface area contributed by atoms with Gasteiger partial charge in [0.15, 0.2) is 0 Å². The minimum atomic E-state index is 0.297. The Morgan fingerprint density at radius 1 is 1.53 bits per heavy atom. The third-order valence-electron chi connectivity index (χ3n) is 3.09. The molecule has 1 unspecified atom stereocenters. The Morgan fingerprint density at radius 3 is 3.29 bits per heavy atom. The number of hydrogen-bond donors (Lipinski definition) is 1. The molecule has 1 N–H and O–H groups in total. The first-order valence-electron chi connectivity index (χ1n) is 5.75. The lowest BCUT2D eigenvalue weighted by Crippen LogP contribution is -2.39. The highest BCUT2D eigenvalue weighted by molar-refractivity contribution is 7.07. The van der Waals surface area contributed by atoms with E-state index in [1.54, 1.807) is 17.5 Å². The highest BCUT2D eigenvalue weighted by Crippen LogP contribution is 2.24. The number of nitrogens with one attached hydrogen (secondary N) is 1. The van der Waals surface area contributed by atoms with E-state index in [1.807, 2.05) is 6.07 Å². The smallest absolute Gasteiger partial charge is 0.0755 e. The maximum absolute atomic E-state index is 5.57. The zero-order chi connectivity index (χ0) is 11.5. The van der Waals surface area contributed by atoms with Crippen molar-refractivity contribution in [3.8, 4) is 0 Å². The van der Waals surface area contributed by atoms with Gasteiger partial charge in [-0.2, -0.15) is 16.4 Å². The molecule has 4 nitrogen and oxygen atoms in total. The van der Waals surface area contributed by atoms with Crippen LogP contribution in [0, 0.1) is 0 Å². The molecule has 0 amide bonds. The molecule has 0 saturated carbocycles. The van der Waals surface area contributed by atoms with E-state index in [-0.39, 0.29) is 0 Å². The van der Waals surface area contributed by atoms with Gasteiger partial charge in [-0.1, -0.05) is 0 Å². The van der Waals surface area contributed by atoms with E-state index in [9.17, 15) is 0 Å². The molecule has 0 aromatic carbocycles. The maximum Gasteiger partial charge on any atom is 0.0755 e. The maximum atomic E-state index is 5.57. The molecule has 0 aliphatic carbocycles. The lowest BCUT2D eigenvalue weighted by atomic mass is 10.1. The number of rotatable bonds is 3. The Balaban J connectivity index is 1.76. The molecule has 5 heteroatoms. The standard InChI is InChI=1S/C12H15N3OS/c1-3-13-14-11(1)12-8-16-5-4-15(12)7-10-2-6-17-9-10/h1-3,6,9,12H,4-5,7-8H2,(H,13,14). The Bertz CT molecular complexity index is 440. The number of morpholine rings is 1. The largest absolute Gasteiger partial charge is 0.378 e. The average molecular weight is 249 g/mol. The van der Waals surface area contributed by atoms with Gasteiger partial charge in [-0.05, 0) is 28.5 Å². The van der Waals surface area contributed by atoms with Gasteiger partial charge in [-0.3, -0.25) is 10.00 Å². The number of thiophene rings is 1. The number of H-pyrrole nitrogens is 1. The van der Waals surface area contributed by atoms with E-state index >= 15 is 0 Å². The zero-order valence-corrected chi connectivity index (χ0v) is 10.3. The third-order valence-corrected chi connectivity index (χ3v) is 3.82. The second-order valence-corrected chi connectivity index (χ2v) is 4.98. The summed E-state index contributed by atoms with van der Waals surface area (Å²) in [6.45, 7) is 3.51. The molecule has 3 rings (SSSR count). The summed E-state index contributed by atoms with van der Waals surface area (Å²) in [6.07, 6.45) is 1.80. The summed E-state index contributed by atoms with van der Waals surface area (Å²) in [7, 11) is 0. The second kappa shape index (κ2) is 5.00. The van der Waals surface area contributed by atoms with Crippen molar-refractivity contribution in [3.63, 3.8) is 0 Å². The SMILES string of the molecule is c1cc(C2COCCN2Cc2ccsc2)[nH]n1. The first-order chi connectivity index (χ1) is 8.43. The predicted octanol–water partition coefficient (Wildman–Crippen LogP) is 2.04.